The van der Waals surface area contributed by atoms with Gasteiger partial charge in [0.2, 0.25) is 0 Å². The van der Waals surface area contributed by atoms with E-state index in [4.69, 9.17) is 4.74 Å². The number of nitrogens with one attached hydrogen (secondary N) is 1. The maximum absolute atomic E-state index is 12.3. The van der Waals surface area contributed by atoms with Crippen LogP contribution in [-0.4, -0.2) is 24.1 Å². The highest BCUT2D eigenvalue weighted by atomic mass is 32.1. The Morgan fingerprint density at radius 3 is 3.18 bits per heavy atom. The molecule has 8 heteroatoms. The van der Waals surface area contributed by atoms with Gasteiger partial charge in [-0.3, -0.25) is 9.78 Å². The summed E-state index contributed by atoms with van der Waals surface area (Å²) in [7, 11) is 0. The van der Waals surface area contributed by atoms with Gasteiger partial charge in [0.15, 0.2) is 0 Å². The number of fused-ring (bicyclic) bond motifs is 1. The van der Waals surface area contributed by atoms with Crippen molar-refractivity contribution in [2.24, 2.45) is 0 Å². The quantitative estimate of drug-likeness (QED) is 0.938. The van der Waals surface area contributed by atoms with E-state index in [0.29, 0.717) is 18.9 Å². The monoisotopic (exact) mass is 326 g/mol. The lowest BCUT2D eigenvalue weighted by molar-refractivity contribution is -0.0498. The summed E-state index contributed by atoms with van der Waals surface area (Å²) in [6.45, 7) is -1.89. The number of thiophene rings is 1. The van der Waals surface area contributed by atoms with Crippen LogP contribution >= 0.6 is 11.3 Å². The summed E-state index contributed by atoms with van der Waals surface area (Å²) in [6, 6.07) is 3.12. The van der Waals surface area contributed by atoms with Crippen molar-refractivity contribution in [2.75, 3.05) is 11.9 Å². The highest BCUT2D eigenvalue weighted by Crippen LogP contribution is 2.27. The number of hydrogen-bond donors (Lipinski definition) is 1. The predicted octanol–water partition coefficient (Wildman–Crippen LogP) is 3.07. The van der Waals surface area contributed by atoms with Crippen molar-refractivity contribution in [3.63, 3.8) is 0 Å². The summed E-state index contributed by atoms with van der Waals surface area (Å²) in [5, 5.41) is 4.16. The van der Waals surface area contributed by atoms with Crippen LogP contribution in [0.5, 0.6) is 5.75 Å². The Kier molecular flexibility index (Phi) is 4.30. The first-order valence-electron chi connectivity index (χ1n) is 6.52. The molecule has 2 aromatic heterocycles. The average molecular weight is 326 g/mol. The van der Waals surface area contributed by atoms with Crippen LogP contribution in [0, 0.1) is 0 Å². The van der Waals surface area contributed by atoms with Crippen molar-refractivity contribution < 1.29 is 23.0 Å². The molecular formula is C14H12F2N2O3S. The largest absolute Gasteiger partial charge is 0.433 e. The molecule has 0 unspecified atom stereocenters. The maximum Gasteiger partial charge on any atom is 0.387 e. The van der Waals surface area contributed by atoms with Crippen LogP contribution in [0.1, 0.15) is 20.9 Å². The number of ether oxygens (including phenoxy) is 2. The molecule has 0 fully saturated rings. The van der Waals surface area contributed by atoms with E-state index in [-0.39, 0.29) is 10.6 Å². The number of halogens is 2. The van der Waals surface area contributed by atoms with Crippen LogP contribution in [0.2, 0.25) is 0 Å². The number of carbonyl (C=O) groups excluding carboxylic acids is 1. The van der Waals surface area contributed by atoms with Crippen molar-refractivity contribution in [1.29, 1.82) is 0 Å². The number of hydrogen-bond acceptors (Lipinski definition) is 5. The molecule has 0 aromatic carbocycles. The van der Waals surface area contributed by atoms with Gasteiger partial charge < -0.3 is 14.8 Å². The second-order valence-electron chi connectivity index (χ2n) is 4.58. The van der Waals surface area contributed by atoms with Crippen LogP contribution < -0.4 is 10.1 Å². The topological polar surface area (TPSA) is 60.5 Å². The minimum Gasteiger partial charge on any atom is -0.433 e. The minimum absolute atomic E-state index is 0.0919. The Hall–Kier alpha value is -2.06. The Balaban J connectivity index is 1.76. The molecule has 3 rings (SSSR count). The number of carbonyl (C=O) groups is 1. The van der Waals surface area contributed by atoms with E-state index in [2.05, 4.69) is 15.0 Å². The van der Waals surface area contributed by atoms with Crippen molar-refractivity contribution >= 4 is 22.9 Å². The molecule has 0 aliphatic carbocycles. The van der Waals surface area contributed by atoms with E-state index in [1.54, 1.807) is 12.3 Å². The Morgan fingerprint density at radius 2 is 2.36 bits per heavy atom. The normalized spacial score (nSPS) is 13.8. The number of pyridine rings is 1. The lowest BCUT2D eigenvalue weighted by atomic mass is 10.1. The molecule has 0 saturated carbocycles. The Labute approximate surface area is 128 Å². The molecule has 5 nitrogen and oxygen atoms in total. The van der Waals surface area contributed by atoms with Gasteiger partial charge in [-0.05, 0) is 17.5 Å². The fourth-order valence-corrected chi connectivity index (χ4v) is 2.87. The SMILES string of the molecule is O=C(Nc1cnc2c(c1)COCC2)c1sccc1OC(F)F. The van der Waals surface area contributed by atoms with Crippen molar-refractivity contribution in [2.45, 2.75) is 19.6 Å². The van der Waals surface area contributed by atoms with Gasteiger partial charge in [-0.2, -0.15) is 8.78 Å². The highest BCUT2D eigenvalue weighted by Gasteiger charge is 2.18. The molecule has 1 aliphatic rings. The smallest absolute Gasteiger partial charge is 0.387 e. The molecule has 22 heavy (non-hydrogen) atoms. The summed E-state index contributed by atoms with van der Waals surface area (Å²) in [5.74, 6) is -0.643. The van der Waals surface area contributed by atoms with E-state index in [0.717, 1.165) is 29.0 Å². The van der Waals surface area contributed by atoms with Crippen molar-refractivity contribution in [1.82, 2.24) is 4.98 Å². The Morgan fingerprint density at radius 1 is 1.50 bits per heavy atom. The Bertz CT molecular complexity index is 690. The summed E-state index contributed by atoms with van der Waals surface area (Å²) in [4.78, 5) is 16.5. The van der Waals surface area contributed by atoms with Gasteiger partial charge in [0, 0.05) is 17.7 Å². The first kappa shape index (κ1) is 14.9. The number of alkyl halides is 2. The third-order valence-electron chi connectivity index (χ3n) is 3.11. The zero-order chi connectivity index (χ0) is 15.5. The third kappa shape index (κ3) is 3.23. The third-order valence-corrected chi connectivity index (χ3v) is 4.00. The molecular weight excluding hydrogens is 314 g/mol. The molecule has 1 amide bonds. The molecule has 1 aliphatic heterocycles. The molecule has 3 heterocycles. The van der Waals surface area contributed by atoms with Gasteiger partial charge in [-0.15, -0.1) is 11.3 Å². The van der Waals surface area contributed by atoms with Gasteiger partial charge in [0.25, 0.3) is 5.91 Å². The van der Waals surface area contributed by atoms with Crippen molar-refractivity contribution in [3.05, 3.63) is 39.8 Å². The van der Waals surface area contributed by atoms with Crippen LogP contribution in [0.4, 0.5) is 14.5 Å². The highest BCUT2D eigenvalue weighted by molar-refractivity contribution is 7.12. The van der Waals surface area contributed by atoms with E-state index in [1.165, 1.54) is 11.4 Å². The molecule has 0 spiro atoms. The number of aromatic nitrogens is 1. The predicted molar refractivity (Wildman–Crippen MR) is 76.5 cm³/mol. The number of rotatable bonds is 4. The number of amides is 1. The summed E-state index contributed by atoms with van der Waals surface area (Å²) in [6.07, 6.45) is 2.28. The first-order chi connectivity index (χ1) is 10.6. The number of anilines is 1. The molecule has 0 radical (unpaired) electrons. The van der Waals surface area contributed by atoms with E-state index in [9.17, 15) is 13.6 Å². The van der Waals surface area contributed by atoms with E-state index >= 15 is 0 Å². The first-order valence-corrected chi connectivity index (χ1v) is 7.40. The average Bonchev–Trinajstić information content (AvgIpc) is 2.94. The summed E-state index contributed by atoms with van der Waals surface area (Å²) < 4.78 is 34.2. The molecule has 1 N–H and O–H groups in total. The number of nitrogens with zero attached hydrogens (tertiary/aromatic N) is 1. The fourth-order valence-electron chi connectivity index (χ4n) is 2.15. The van der Waals surface area contributed by atoms with Gasteiger partial charge >= 0.3 is 6.61 Å². The standard InChI is InChI=1S/C14H12F2N2O3S/c15-14(16)21-11-2-4-22-12(11)13(19)18-9-5-8-7-20-3-1-10(8)17-6-9/h2,4-6,14H,1,3,7H2,(H,18,19). The van der Waals surface area contributed by atoms with Crippen molar-refractivity contribution in [3.8, 4) is 5.75 Å². The van der Waals surface area contributed by atoms with Crippen LogP contribution in [0.25, 0.3) is 0 Å². The van der Waals surface area contributed by atoms with Gasteiger partial charge in [-0.1, -0.05) is 0 Å². The summed E-state index contributed by atoms with van der Waals surface area (Å²) in [5.41, 5.74) is 2.35. The zero-order valence-electron chi connectivity index (χ0n) is 11.3. The molecule has 2 aromatic rings. The molecule has 116 valence electrons. The zero-order valence-corrected chi connectivity index (χ0v) is 12.2. The van der Waals surface area contributed by atoms with Crippen LogP contribution in [0.3, 0.4) is 0 Å². The van der Waals surface area contributed by atoms with Crippen LogP contribution in [-0.2, 0) is 17.8 Å². The molecule has 0 atom stereocenters. The molecule has 0 bridgehead atoms. The van der Waals surface area contributed by atoms with E-state index < -0.39 is 12.5 Å². The van der Waals surface area contributed by atoms with E-state index in [1.807, 2.05) is 0 Å². The fraction of sp³-hybridized carbons (Fsp3) is 0.286. The minimum atomic E-state index is -2.97. The van der Waals surface area contributed by atoms with Gasteiger partial charge in [-0.25, -0.2) is 0 Å². The molecule has 0 saturated heterocycles. The maximum atomic E-state index is 12.3. The van der Waals surface area contributed by atoms with Gasteiger partial charge in [0.05, 0.1) is 25.1 Å². The summed E-state index contributed by atoms with van der Waals surface area (Å²) >= 11 is 1.03. The second kappa shape index (κ2) is 6.37. The van der Waals surface area contributed by atoms with Gasteiger partial charge in [0.1, 0.15) is 10.6 Å². The second-order valence-corrected chi connectivity index (χ2v) is 5.50. The lowest BCUT2D eigenvalue weighted by Crippen LogP contribution is -2.15. The lowest BCUT2D eigenvalue weighted by Gasteiger charge is -2.16. The van der Waals surface area contributed by atoms with Crippen LogP contribution in [0.15, 0.2) is 23.7 Å².